The highest BCUT2D eigenvalue weighted by atomic mass is 32.2. The van der Waals surface area contributed by atoms with Gasteiger partial charge in [-0.1, -0.05) is 5.16 Å². The van der Waals surface area contributed by atoms with Gasteiger partial charge in [-0.25, -0.2) is 13.1 Å². The highest BCUT2D eigenvalue weighted by molar-refractivity contribution is 7.91. The zero-order valence-electron chi connectivity index (χ0n) is 18.9. The van der Waals surface area contributed by atoms with Gasteiger partial charge in [0, 0.05) is 11.6 Å². The molecule has 1 saturated heterocycles. The Morgan fingerprint density at radius 2 is 2.03 bits per heavy atom. The number of amides is 1. The summed E-state index contributed by atoms with van der Waals surface area (Å²) in [6.07, 6.45) is 0.470. The van der Waals surface area contributed by atoms with Gasteiger partial charge in [-0.05, 0) is 45.4 Å². The van der Waals surface area contributed by atoms with Crippen molar-refractivity contribution in [1.82, 2.24) is 14.9 Å². The summed E-state index contributed by atoms with van der Waals surface area (Å²) in [7, 11) is -1.59. The van der Waals surface area contributed by atoms with E-state index in [-0.39, 0.29) is 30.1 Å². The molecule has 1 unspecified atom stereocenters. The Morgan fingerprint density at radius 1 is 1.24 bits per heavy atom. The second-order valence-corrected chi connectivity index (χ2v) is 10.3. The van der Waals surface area contributed by atoms with Crippen molar-refractivity contribution in [2.75, 3.05) is 23.9 Å². The number of aryl methyl sites for hydroxylation is 3. The zero-order chi connectivity index (χ0) is 23.8. The van der Waals surface area contributed by atoms with Crippen LogP contribution in [0.25, 0.3) is 0 Å². The molecule has 3 aromatic rings. The number of nitrogens with one attached hydrogen (secondary N) is 1. The Bertz CT molecular complexity index is 1270. The van der Waals surface area contributed by atoms with Crippen LogP contribution in [0, 0.1) is 20.8 Å². The second-order valence-electron chi connectivity index (χ2n) is 8.08. The lowest BCUT2D eigenvalue weighted by atomic mass is 10.2. The van der Waals surface area contributed by atoms with Gasteiger partial charge in [0.15, 0.2) is 21.3 Å². The van der Waals surface area contributed by atoms with E-state index in [1.807, 2.05) is 13.8 Å². The molecule has 0 saturated carbocycles. The van der Waals surface area contributed by atoms with E-state index < -0.39 is 9.84 Å². The first-order valence-corrected chi connectivity index (χ1v) is 12.3. The lowest BCUT2D eigenvalue weighted by Crippen LogP contribution is -2.19. The maximum atomic E-state index is 12.9. The number of sulfone groups is 1. The summed E-state index contributed by atoms with van der Waals surface area (Å²) in [6, 6.07) is 6.31. The van der Waals surface area contributed by atoms with E-state index in [2.05, 4.69) is 15.6 Å². The number of carbonyl (C=O) groups is 1. The first kappa shape index (κ1) is 22.8. The minimum atomic E-state index is -3.09. The molecule has 0 spiro atoms. The lowest BCUT2D eigenvalue weighted by Gasteiger charge is -2.15. The molecule has 4 rings (SSSR count). The Morgan fingerprint density at radius 3 is 2.67 bits per heavy atom. The molecular formula is C22H26N4O6S. The van der Waals surface area contributed by atoms with E-state index in [4.69, 9.17) is 14.0 Å². The molecule has 2 aromatic heterocycles. The number of hydrogen-bond acceptors (Lipinski definition) is 8. The molecule has 10 nitrogen and oxygen atoms in total. The first-order valence-electron chi connectivity index (χ1n) is 10.5. The summed E-state index contributed by atoms with van der Waals surface area (Å²) < 4.78 is 41.8. The summed E-state index contributed by atoms with van der Waals surface area (Å²) in [6.45, 7) is 5.71. The molecule has 1 aliphatic rings. The third-order valence-corrected chi connectivity index (χ3v) is 7.38. The van der Waals surface area contributed by atoms with Gasteiger partial charge in [0.2, 0.25) is 0 Å². The van der Waals surface area contributed by atoms with Gasteiger partial charge in [0.05, 0.1) is 41.6 Å². The summed E-state index contributed by atoms with van der Waals surface area (Å²) in [5.41, 5.74) is 2.66. The third kappa shape index (κ3) is 4.87. The topological polar surface area (TPSA) is 126 Å². The highest BCUT2D eigenvalue weighted by Gasteiger charge is 2.31. The predicted molar refractivity (Wildman–Crippen MR) is 121 cm³/mol. The molecule has 176 valence electrons. The standard InChI is InChI=1S/C22H26N4O6S/c1-13-9-21(26(24-13)17-7-8-33(28,29)12-17)23-22(27)16-5-6-19(20(10-16)30-4)31-11-18-14(2)25-32-15(18)3/h5-6,9-10,17H,7-8,11-12H2,1-4H3,(H,23,27). The van der Waals surface area contributed by atoms with Crippen LogP contribution in [0.5, 0.6) is 11.5 Å². The van der Waals surface area contributed by atoms with E-state index >= 15 is 0 Å². The van der Waals surface area contributed by atoms with Crippen molar-refractivity contribution in [3.63, 3.8) is 0 Å². The van der Waals surface area contributed by atoms with Crippen LogP contribution in [0.1, 0.15) is 45.5 Å². The molecular weight excluding hydrogens is 448 g/mol. The quantitative estimate of drug-likeness (QED) is 0.554. The van der Waals surface area contributed by atoms with Crippen LogP contribution in [0.4, 0.5) is 5.82 Å². The smallest absolute Gasteiger partial charge is 0.256 e. The van der Waals surface area contributed by atoms with Crippen molar-refractivity contribution in [1.29, 1.82) is 0 Å². The number of rotatable bonds is 7. The minimum absolute atomic E-state index is 0.0159. The van der Waals surface area contributed by atoms with Gasteiger partial charge < -0.3 is 19.3 Å². The normalized spacial score (nSPS) is 17.2. The predicted octanol–water partition coefficient (Wildman–Crippen LogP) is 3.00. The first-order chi connectivity index (χ1) is 15.7. The van der Waals surface area contributed by atoms with E-state index in [1.165, 1.54) is 7.11 Å². The molecule has 0 aliphatic carbocycles. The van der Waals surface area contributed by atoms with Gasteiger partial charge in [0.25, 0.3) is 5.91 Å². The minimum Gasteiger partial charge on any atom is -0.493 e. The number of ether oxygens (including phenoxy) is 2. The summed E-state index contributed by atoms with van der Waals surface area (Å²) in [5.74, 6) is 1.79. The largest absolute Gasteiger partial charge is 0.493 e. The fourth-order valence-corrected chi connectivity index (χ4v) is 5.52. The van der Waals surface area contributed by atoms with Gasteiger partial charge in [-0.15, -0.1) is 0 Å². The van der Waals surface area contributed by atoms with Crippen LogP contribution >= 0.6 is 0 Å². The zero-order valence-corrected chi connectivity index (χ0v) is 19.7. The number of hydrogen-bond donors (Lipinski definition) is 1. The van der Waals surface area contributed by atoms with Crippen LogP contribution in [0.3, 0.4) is 0 Å². The van der Waals surface area contributed by atoms with Crippen LogP contribution in [0.15, 0.2) is 28.8 Å². The van der Waals surface area contributed by atoms with E-state index in [9.17, 15) is 13.2 Å². The number of methoxy groups -OCH3 is 1. The van der Waals surface area contributed by atoms with Gasteiger partial charge >= 0.3 is 0 Å². The van der Waals surface area contributed by atoms with Crippen molar-refractivity contribution >= 4 is 21.6 Å². The summed E-state index contributed by atoms with van der Waals surface area (Å²) in [5, 5.41) is 11.2. The van der Waals surface area contributed by atoms with Crippen molar-refractivity contribution in [3.8, 4) is 11.5 Å². The van der Waals surface area contributed by atoms with Crippen molar-refractivity contribution in [2.45, 2.75) is 39.8 Å². The Balaban J connectivity index is 1.50. The van der Waals surface area contributed by atoms with Crippen LogP contribution in [0.2, 0.25) is 0 Å². The number of benzene rings is 1. The Kier molecular flexibility index (Phi) is 6.15. The molecule has 11 heteroatoms. The average molecular weight is 475 g/mol. The van der Waals surface area contributed by atoms with Crippen LogP contribution in [-0.2, 0) is 16.4 Å². The highest BCUT2D eigenvalue weighted by Crippen LogP contribution is 2.31. The molecule has 1 aliphatic heterocycles. The van der Waals surface area contributed by atoms with E-state index in [0.29, 0.717) is 40.8 Å². The lowest BCUT2D eigenvalue weighted by molar-refractivity contribution is 0.102. The molecule has 1 aromatic carbocycles. The Labute approximate surface area is 191 Å². The molecule has 33 heavy (non-hydrogen) atoms. The summed E-state index contributed by atoms with van der Waals surface area (Å²) in [4.78, 5) is 12.9. The monoisotopic (exact) mass is 474 g/mol. The van der Waals surface area contributed by atoms with Crippen LogP contribution < -0.4 is 14.8 Å². The fourth-order valence-electron chi connectivity index (χ4n) is 3.83. The van der Waals surface area contributed by atoms with Crippen molar-refractivity contribution in [2.24, 2.45) is 0 Å². The number of nitrogens with zero attached hydrogens (tertiary/aromatic N) is 3. The molecule has 3 heterocycles. The molecule has 1 amide bonds. The van der Waals surface area contributed by atoms with Crippen molar-refractivity contribution < 1.29 is 27.2 Å². The van der Waals surface area contributed by atoms with Crippen molar-refractivity contribution in [3.05, 3.63) is 52.5 Å². The second kappa shape index (κ2) is 8.89. The maximum Gasteiger partial charge on any atom is 0.256 e. The van der Waals surface area contributed by atoms with Gasteiger partial charge in [-0.3, -0.25) is 4.79 Å². The number of carbonyl (C=O) groups excluding carboxylic acids is 1. The number of anilines is 1. The molecule has 0 bridgehead atoms. The molecule has 1 atom stereocenters. The fraction of sp³-hybridized carbons (Fsp3) is 0.409. The summed E-state index contributed by atoms with van der Waals surface area (Å²) >= 11 is 0. The number of aromatic nitrogens is 3. The maximum absolute atomic E-state index is 12.9. The Hall–Kier alpha value is -3.34. The third-order valence-electron chi connectivity index (χ3n) is 5.63. The SMILES string of the molecule is COc1cc(C(=O)Nc2cc(C)nn2C2CCS(=O)(=O)C2)ccc1OCc1c(C)noc1C. The average Bonchev–Trinajstić information content (AvgIpc) is 3.42. The van der Waals surface area contributed by atoms with Gasteiger partial charge in [-0.2, -0.15) is 5.10 Å². The molecule has 0 radical (unpaired) electrons. The van der Waals surface area contributed by atoms with E-state index in [0.717, 1.165) is 11.3 Å². The van der Waals surface area contributed by atoms with E-state index in [1.54, 1.807) is 35.9 Å². The molecule has 1 fully saturated rings. The van der Waals surface area contributed by atoms with Crippen LogP contribution in [-0.4, -0.2) is 47.9 Å². The molecule has 1 N–H and O–H groups in total. The van der Waals surface area contributed by atoms with Gasteiger partial charge in [0.1, 0.15) is 18.2 Å².